The standard InChI is InChI=1S/C21H32N2O4/c1-19(2)11-16(23-17(24)25)12-21(5,13-19)14-22-18(26)27-20(3,4)15-9-7-6-8-10-15/h6-10,16,23H,11-14H2,1-5H3,(H,22,26)(H,24,25). The molecule has 3 N–H and O–H groups in total. The molecule has 150 valence electrons. The molecule has 1 aromatic carbocycles. The zero-order valence-corrected chi connectivity index (χ0v) is 17.0. The molecule has 2 atom stereocenters. The van der Waals surface area contributed by atoms with E-state index in [1.54, 1.807) is 0 Å². The fourth-order valence-corrected chi connectivity index (χ4v) is 4.50. The molecular weight excluding hydrogens is 344 g/mol. The summed E-state index contributed by atoms with van der Waals surface area (Å²) in [6.07, 6.45) is 0.916. The molecule has 27 heavy (non-hydrogen) atoms. The molecule has 1 aliphatic rings. The molecule has 6 heteroatoms. The lowest BCUT2D eigenvalue weighted by Crippen LogP contribution is -2.50. The first-order valence-electron chi connectivity index (χ1n) is 9.43. The van der Waals surface area contributed by atoms with Crippen LogP contribution in [0.3, 0.4) is 0 Å². The van der Waals surface area contributed by atoms with E-state index in [-0.39, 0.29) is 16.9 Å². The highest BCUT2D eigenvalue weighted by Crippen LogP contribution is 2.45. The van der Waals surface area contributed by atoms with Gasteiger partial charge in [0, 0.05) is 12.6 Å². The summed E-state index contributed by atoms with van der Waals surface area (Å²) in [4.78, 5) is 23.4. The Morgan fingerprint density at radius 3 is 2.41 bits per heavy atom. The van der Waals surface area contributed by atoms with Crippen LogP contribution in [0.2, 0.25) is 0 Å². The minimum atomic E-state index is -1.00. The van der Waals surface area contributed by atoms with Crippen LogP contribution in [0, 0.1) is 10.8 Å². The Labute approximate surface area is 161 Å². The Hall–Kier alpha value is -2.24. The molecule has 1 saturated carbocycles. The highest BCUT2D eigenvalue weighted by atomic mass is 16.6. The summed E-state index contributed by atoms with van der Waals surface area (Å²) in [6, 6.07) is 9.50. The van der Waals surface area contributed by atoms with E-state index in [2.05, 4.69) is 31.4 Å². The average molecular weight is 376 g/mol. The zero-order chi connectivity index (χ0) is 20.3. The molecule has 1 aliphatic carbocycles. The summed E-state index contributed by atoms with van der Waals surface area (Å²) in [7, 11) is 0. The lowest BCUT2D eigenvalue weighted by molar-refractivity contribution is 0.0273. The van der Waals surface area contributed by atoms with Crippen molar-refractivity contribution in [2.45, 2.75) is 65.5 Å². The van der Waals surface area contributed by atoms with Crippen LogP contribution in [0.5, 0.6) is 0 Å². The van der Waals surface area contributed by atoms with Crippen LogP contribution in [-0.4, -0.2) is 29.9 Å². The van der Waals surface area contributed by atoms with E-state index in [0.717, 1.165) is 18.4 Å². The number of hydrogen-bond acceptors (Lipinski definition) is 3. The van der Waals surface area contributed by atoms with Gasteiger partial charge in [0.15, 0.2) is 0 Å². The summed E-state index contributed by atoms with van der Waals surface area (Å²) < 4.78 is 5.64. The Morgan fingerprint density at radius 2 is 1.81 bits per heavy atom. The number of hydrogen-bond donors (Lipinski definition) is 3. The van der Waals surface area contributed by atoms with Crippen LogP contribution >= 0.6 is 0 Å². The number of alkyl carbamates (subject to hydrolysis) is 1. The Morgan fingerprint density at radius 1 is 1.19 bits per heavy atom. The van der Waals surface area contributed by atoms with E-state index in [0.29, 0.717) is 13.0 Å². The normalized spacial score (nSPS) is 24.7. The van der Waals surface area contributed by atoms with Crippen molar-refractivity contribution < 1.29 is 19.4 Å². The number of rotatable bonds is 5. The fourth-order valence-electron chi connectivity index (χ4n) is 4.50. The number of amides is 2. The lowest BCUT2D eigenvalue weighted by Gasteiger charge is -2.46. The zero-order valence-electron chi connectivity index (χ0n) is 17.0. The van der Waals surface area contributed by atoms with E-state index < -0.39 is 17.8 Å². The summed E-state index contributed by atoms with van der Waals surface area (Å²) in [5.41, 5.74) is -0.0125. The maximum absolute atomic E-state index is 12.4. The first kappa shape index (κ1) is 21.1. The van der Waals surface area contributed by atoms with E-state index in [9.17, 15) is 9.59 Å². The molecule has 2 rings (SSSR count). The van der Waals surface area contributed by atoms with E-state index in [4.69, 9.17) is 9.84 Å². The molecule has 2 unspecified atom stereocenters. The van der Waals surface area contributed by atoms with Crippen molar-refractivity contribution >= 4 is 12.2 Å². The third-order valence-electron chi connectivity index (χ3n) is 5.25. The van der Waals surface area contributed by atoms with E-state index >= 15 is 0 Å². The van der Waals surface area contributed by atoms with E-state index in [1.807, 2.05) is 44.2 Å². The summed E-state index contributed by atoms with van der Waals surface area (Å²) >= 11 is 0. The molecule has 6 nitrogen and oxygen atoms in total. The van der Waals surface area contributed by atoms with Crippen molar-refractivity contribution in [1.82, 2.24) is 10.6 Å². The number of ether oxygens (including phenoxy) is 1. The molecule has 0 spiro atoms. The van der Waals surface area contributed by atoms with Crippen LogP contribution in [0.15, 0.2) is 30.3 Å². The molecule has 0 saturated heterocycles. The van der Waals surface area contributed by atoms with Crippen molar-refractivity contribution in [2.75, 3.05) is 6.54 Å². The molecule has 0 radical (unpaired) electrons. The van der Waals surface area contributed by atoms with Crippen molar-refractivity contribution in [3.8, 4) is 0 Å². The summed E-state index contributed by atoms with van der Waals surface area (Å²) in [5.74, 6) is 0. The SMILES string of the molecule is CC1(C)CC(NC(=O)O)CC(C)(CNC(=O)OC(C)(C)c2ccccc2)C1. The van der Waals surface area contributed by atoms with Crippen molar-refractivity contribution in [1.29, 1.82) is 0 Å². The van der Waals surface area contributed by atoms with Gasteiger partial charge in [-0.25, -0.2) is 9.59 Å². The van der Waals surface area contributed by atoms with Gasteiger partial charge in [-0.05, 0) is 49.5 Å². The predicted octanol–water partition coefficient (Wildman–Crippen LogP) is 4.50. The molecule has 0 aromatic heterocycles. The van der Waals surface area contributed by atoms with Gasteiger partial charge >= 0.3 is 12.2 Å². The van der Waals surface area contributed by atoms with Crippen molar-refractivity contribution in [3.05, 3.63) is 35.9 Å². The Kier molecular flexibility index (Phi) is 6.07. The second-order valence-electron chi connectivity index (χ2n) is 9.33. The molecule has 0 aliphatic heterocycles. The van der Waals surface area contributed by atoms with Gasteiger partial charge in [-0.15, -0.1) is 0 Å². The van der Waals surface area contributed by atoms with Gasteiger partial charge in [-0.3, -0.25) is 0 Å². The number of nitrogens with one attached hydrogen (secondary N) is 2. The number of carbonyl (C=O) groups is 2. The van der Waals surface area contributed by atoms with Crippen molar-refractivity contribution in [3.63, 3.8) is 0 Å². The molecule has 0 bridgehead atoms. The second-order valence-corrected chi connectivity index (χ2v) is 9.33. The van der Waals surface area contributed by atoms with Gasteiger partial charge in [0.2, 0.25) is 0 Å². The first-order valence-corrected chi connectivity index (χ1v) is 9.43. The average Bonchev–Trinajstić information content (AvgIpc) is 2.51. The number of carboxylic acid groups (broad SMARTS) is 1. The van der Waals surface area contributed by atoms with Gasteiger partial charge < -0.3 is 20.5 Å². The van der Waals surface area contributed by atoms with Crippen LogP contribution in [-0.2, 0) is 10.3 Å². The number of carbonyl (C=O) groups excluding carboxylic acids is 1. The van der Waals surface area contributed by atoms with Gasteiger partial charge in [0.25, 0.3) is 0 Å². The number of benzene rings is 1. The van der Waals surface area contributed by atoms with Crippen LogP contribution in [0.25, 0.3) is 0 Å². The minimum absolute atomic E-state index is 0.00495. The first-order chi connectivity index (χ1) is 12.4. The molecule has 1 aromatic rings. The Bertz CT molecular complexity index is 672. The van der Waals surface area contributed by atoms with Gasteiger partial charge in [0.1, 0.15) is 5.60 Å². The Balaban J connectivity index is 1.97. The monoisotopic (exact) mass is 376 g/mol. The largest absolute Gasteiger partial charge is 0.465 e. The molecule has 2 amide bonds. The van der Waals surface area contributed by atoms with Crippen molar-refractivity contribution in [2.24, 2.45) is 10.8 Å². The molecule has 1 fully saturated rings. The summed E-state index contributed by atoms with van der Waals surface area (Å²) in [6.45, 7) is 10.5. The maximum atomic E-state index is 12.4. The predicted molar refractivity (Wildman–Crippen MR) is 105 cm³/mol. The van der Waals surface area contributed by atoms with Crippen LogP contribution in [0.4, 0.5) is 9.59 Å². The second kappa shape index (κ2) is 7.79. The van der Waals surface area contributed by atoms with E-state index in [1.165, 1.54) is 0 Å². The minimum Gasteiger partial charge on any atom is -0.465 e. The lowest BCUT2D eigenvalue weighted by atomic mass is 9.62. The third kappa shape index (κ3) is 6.15. The highest BCUT2D eigenvalue weighted by Gasteiger charge is 2.42. The molecule has 0 heterocycles. The van der Waals surface area contributed by atoms with Crippen LogP contribution < -0.4 is 10.6 Å². The highest BCUT2D eigenvalue weighted by molar-refractivity contribution is 5.68. The van der Waals surface area contributed by atoms with Gasteiger partial charge in [-0.2, -0.15) is 0 Å². The third-order valence-corrected chi connectivity index (χ3v) is 5.25. The quantitative estimate of drug-likeness (QED) is 0.706. The fraction of sp³-hybridized carbons (Fsp3) is 0.619. The van der Waals surface area contributed by atoms with Gasteiger partial charge in [0.05, 0.1) is 0 Å². The summed E-state index contributed by atoms with van der Waals surface area (Å²) in [5, 5.41) is 14.6. The molecular formula is C21H32N2O4. The maximum Gasteiger partial charge on any atom is 0.408 e. The van der Waals surface area contributed by atoms with Gasteiger partial charge in [-0.1, -0.05) is 51.1 Å². The topological polar surface area (TPSA) is 87.7 Å². The van der Waals surface area contributed by atoms with Crippen LogP contribution in [0.1, 0.15) is 59.4 Å². The smallest absolute Gasteiger partial charge is 0.408 e.